The van der Waals surface area contributed by atoms with E-state index < -0.39 is 5.92 Å². The molecule has 78 valence electrons. The molecule has 1 aliphatic rings. The molecule has 0 bridgehead atoms. The Morgan fingerprint density at radius 2 is 2.23 bits per heavy atom. The lowest BCUT2D eigenvalue weighted by atomic mass is 9.81. The molecule has 2 atom stereocenters. The van der Waals surface area contributed by atoms with Gasteiger partial charge in [-0.15, -0.1) is 0 Å². The summed E-state index contributed by atoms with van der Waals surface area (Å²) in [5, 5.41) is 0. The highest BCUT2D eigenvalue weighted by atomic mass is 19.3. The molecule has 1 fully saturated rings. The maximum absolute atomic E-state index is 13.0. The second kappa shape index (κ2) is 4.36. The molecule has 0 aliphatic heterocycles. The minimum Gasteiger partial charge on any atom is -0.327 e. The van der Waals surface area contributed by atoms with Gasteiger partial charge in [-0.05, 0) is 25.2 Å². The van der Waals surface area contributed by atoms with E-state index in [-0.39, 0.29) is 24.8 Å². The third kappa shape index (κ3) is 3.22. The molecule has 13 heavy (non-hydrogen) atoms. The van der Waals surface area contributed by atoms with E-state index in [1.807, 2.05) is 6.92 Å². The molecule has 0 spiro atoms. The summed E-state index contributed by atoms with van der Waals surface area (Å²) in [6.45, 7) is 2.04. The Kier molecular flexibility index (Phi) is 3.65. The molecular weight excluding hydrogens is 172 g/mol. The maximum atomic E-state index is 13.0. The van der Waals surface area contributed by atoms with Gasteiger partial charge in [-0.25, -0.2) is 8.78 Å². The van der Waals surface area contributed by atoms with Crippen molar-refractivity contribution < 1.29 is 8.78 Å². The zero-order chi connectivity index (χ0) is 9.90. The molecule has 3 heteroatoms. The molecule has 0 aromatic heterocycles. The van der Waals surface area contributed by atoms with Crippen molar-refractivity contribution in [1.29, 1.82) is 0 Å². The zero-order valence-corrected chi connectivity index (χ0v) is 8.23. The summed E-state index contributed by atoms with van der Waals surface area (Å²) in [6, 6.07) is -0.0174. The summed E-state index contributed by atoms with van der Waals surface area (Å²) in [4.78, 5) is 0. The van der Waals surface area contributed by atoms with Crippen molar-refractivity contribution in [2.45, 2.75) is 57.4 Å². The van der Waals surface area contributed by atoms with Gasteiger partial charge in [0, 0.05) is 18.9 Å². The highest BCUT2D eigenvalue weighted by molar-refractivity contribution is 4.84. The SMILES string of the molecule is CCCC(N)C1CCCC(F)(F)C1. The molecule has 1 nitrogen and oxygen atoms in total. The fraction of sp³-hybridized carbons (Fsp3) is 1.00. The molecule has 2 N–H and O–H groups in total. The van der Waals surface area contributed by atoms with Gasteiger partial charge >= 0.3 is 0 Å². The Morgan fingerprint density at radius 3 is 2.77 bits per heavy atom. The van der Waals surface area contributed by atoms with Crippen LogP contribution in [0, 0.1) is 5.92 Å². The van der Waals surface area contributed by atoms with Crippen LogP contribution in [0.25, 0.3) is 0 Å². The van der Waals surface area contributed by atoms with E-state index in [0.717, 1.165) is 19.3 Å². The van der Waals surface area contributed by atoms with Crippen LogP contribution in [0.1, 0.15) is 45.4 Å². The van der Waals surface area contributed by atoms with E-state index in [9.17, 15) is 8.78 Å². The number of rotatable bonds is 3. The lowest BCUT2D eigenvalue weighted by Gasteiger charge is -2.32. The highest BCUT2D eigenvalue weighted by Crippen LogP contribution is 2.38. The van der Waals surface area contributed by atoms with Gasteiger partial charge in [0.15, 0.2) is 0 Å². The van der Waals surface area contributed by atoms with Gasteiger partial charge in [0.1, 0.15) is 0 Å². The smallest absolute Gasteiger partial charge is 0.248 e. The fourth-order valence-electron chi connectivity index (χ4n) is 2.15. The molecule has 2 unspecified atom stereocenters. The highest BCUT2D eigenvalue weighted by Gasteiger charge is 2.37. The van der Waals surface area contributed by atoms with Crippen LogP contribution in [0.5, 0.6) is 0 Å². The van der Waals surface area contributed by atoms with Crippen molar-refractivity contribution in [1.82, 2.24) is 0 Å². The summed E-state index contributed by atoms with van der Waals surface area (Å²) in [7, 11) is 0. The first-order valence-electron chi connectivity index (χ1n) is 5.18. The summed E-state index contributed by atoms with van der Waals surface area (Å²) in [6.07, 6.45) is 3.45. The van der Waals surface area contributed by atoms with E-state index in [1.54, 1.807) is 0 Å². The minimum atomic E-state index is -2.45. The molecular formula is C10H19F2N. The van der Waals surface area contributed by atoms with Crippen LogP contribution in [-0.2, 0) is 0 Å². The summed E-state index contributed by atoms with van der Waals surface area (Å²) in [5.41, 5.74) is 5.85. The van der Waals surface area contributed by atoms with Gasteiger partial charge in [0.05, 0.1) is 0 Å². The lowest BCUT2D eigenvalue weighted by molar-refractivity contribution is -0.0565. The Bertz CT molecular complexity index is 159. The minimum absolute atomic E-state index is 0.00810. The standard InChI is InChI=1S/C10H19F2N/c1-2-4-9(13)8-5-3-6-10(11,12)7-8/h8-9H,2-7,13H2,1H3. The van der Waals surface area contributed by atoms with Crippen molar-refractivity contribution >= 4 is 0 Å². The second-order valence-electron chi connectivity index (χ2n) is 4.16. The van der Waals surface area contributed by atoms with Gasteiger partial charge in [-0.1, -0.05) is 13.3 Å². The number of hydrogen-bond donors (Lipinski definition) is 1. The first kappa shape index (κ1) is 10.9. The topological polar surface area (TPSA) is 26.0 Å². The quantitative estimate of drug-likeness (QED) is 0.729. The molecule has 1 aliphatic carbocycles. The monoisotopic (exact) mass is 191 g/mol. The van der Waals surface area contributed by atoms with Crippen molar-refractivity contribution in [2.75, 3.05) is 0 Å². The predicted octanol–water partition coefficient (Wildman–Crippen LogP) is 2.94. The number of alkyl halides is 2. The summed E-state index contributed by atoms with van der Waals surface area (Å²) in [5.74, 6) is -2.41. The van der Waals surface area contributed by atoms with E-state index in [1.165, 1.54) is 0 Å². The molecule has 0 radical (unpaired) electrons. The molecule has 0 saturated heterocycles. The molecule has 0 aromatic rings. The lowest BCUT2D eigenvalue weighted by Crippen LogP contribution is -2.37. The number of nitrogens with two attached hydrogens (primary N) is 1. The van der Waals surface area contributed by atoms with Crippen molar-refractivity contribution in [3.63, 3.8) is 0 Å². The Balaban J connectivity index is 2.42. The average Bonchev–Trinajstić information content (AvgIpc) is 2.03. The fourth-order valence-corrected chi connectivity index (χ4v) is 2.15. The molecule has 1 saturated carbocycles. The molecule has 1 rings (SSSR count). The second-order valence-corrected chi connectivity index (χ2v) is 4.16. The molecule has 0 amide bonds. The summed E-state index contributed by atoms with van der Waals surface area (Å²) >= 11 is 0. The number of hydrogen-bond acceptors (Lipinski definition) is 1. The van der Waals surface area contributed by atoms with Crippen LogP contribution in [0.4, 0.5) is 8.78 Å². The van der Waals surface area contributed by atoms with Gasteiger partial charge in [0.2, 0.25) is 5.92 Å². The van der Waals surface area contributed by atoms with Crippen LogP contribution < -0.4 is 5.73 Å². The largest absolute Gasteiger partial charge is 0.327 e. The van der Waals surface area contributed by atoms with Gasteiger partial charge in [-0.3, -0.25) is 0 Å². The first-order chi connectivity index (χ1) is 6.05. The molecule has 0 aromatic carbocycles. The van der Waals surface area contributed by atoms with E-state index in [4.69, 9.17) is 5.73 Å². The normalized spacial score (nSPS) is 30.0. The Morgan fingerprint density at radius 1 is 1.54 bits per heavy atom. The van der Waals surface area contributed by atoms with E-state index >= 15 is 0 Å². The van der Waals surface area contributed by atoms with Crippen molar-refractivity contribution in [2.24, 2.45) is 11.7 Å². The van der Waals surface area contributed by atoms with Gasteiger partial charge in [0.25, 0.3) is 0 Å². The Hall–Kier alpha value is -0.180. The van der Waals surface area contributed by atoms with Crippen molar-refractivity contribution in [3.05, 3.63) is 0 Å². The van der Waals surface area contributed by atoms with E-state index in [0.29, 0.717) is 6.42 Å². The number of halogens is 2. The molecule has 0 heterocycles. The predicted molar refractivity (Wildman–Crippen MR) is 49.8 cm³/mol. The third-order valence-corrected chi connectivity index (χ3v) is 2.91. The average molecular weight is 191 g/mol. The van der Waals surface area contributed by atoms with Crippen LogP contribution in [0.3, 0.4) is 0 Å². The first-order valence-corrected chi connectivity index (χ1v) is 5.18. The van der Waals surface area contributed by atoms with Crippen LogP contribution >= 0.6 is 0 Å². The van der Waals surface area contributed by atoms with Gasteiger partial charge < -0.3 is 5.73 Å². The van der Waals surface area contributed by atoms with Crippen molar-refractivity contribution in [3.8, 4) is 0 Å². The van der Waals surface area contributed by atoms with Gasteiger partial charge in [-0.2, -0.15) is 0 Å². The van der Waals surface area contributed by atoms with E-state index in [2.05, 4.69) is 0 Å². The van der Waals surface area contributed by atoms with Crippen LogP contribution in [0.2, 0.25) is 0 Å². The summed E-state index contributed by atoms with van der Waals surface area (Å²) < 4.78 is 26.0. The third-order valence-electron chi connectivity index (χ3n) is 2.91. The van der Waals surface area contributed by atoms with Crippen LogP contribution in [-0.4, -0.2) is 12.0 Å². The maximum Gasteiger partial charge on any atom is 0.248 e. The van der Waals surface area contributed by atoms with Crippen LogP contribution in [0.15, 0.2) is 0 Å². The zero-order valence-electron chi connectivity index (χ0n) is 8.23. The Labute approximate surface area is 78.7 Å².